The van der Waals surface area contributed by atoms with Crippen LogP contribution in [0.4, 0.5) is 16.2 Å². The number of benzene rings is 3. The second-order valence-electron chi connectivity index (χ2n) is 7.95. The van der Waals surface area contributed by atoms with Gasteiger partial charge in [0.05, 0.1) is 17.7 Å². The third-order valence-electron chi connectivity index (χ3n) is 5.72. The third kappa shape index (κ3) is 4.67. The molecule has 178 valence electrons. The number of methoxy groups -OCH3 is 1. The Morgan fingerprint density at radius 2 is 1.71 bits per heavy atom. The minimum Gasteiger partial charge on any atom is -0.495 e. The molecule has 1 heterocycles. The lowest BCUT2D eigenvalue weighted by molar-refractivity contribution is -0.384. The number of ether oxygens (including phenoxy) is 1. The van der Waals surface area contributed by atoms with E-state index in [0.29, 0.717) is 5.56 Å². The van der Waals surface area contributed by atoms with E-state index in [-0.39, 0.29) is 23.5 Å². The van der Waals surface area contributed by atoms with Gasteiger partial charge in [-0.05, 0) is 17.2 Å². The number of rotatable bonds is 8. The molecular weight excluding hydrogens is 452 g/mol. The number of urea groups is 1. The highest BCUT2D eigenvalue weighted by atomic mass is 16.6. The maximum Gasteiger partial charge on any atom is 0.325 e. The molecule has 1 saturated heterocycles. The van der Waals surface area contributed by atoms with Gasteiger partial charge in [0.25, 0.3) is 11.6 Å². The quantitative estimate of drug-likeness (QED) is 0.293. The molecule has 0 saturated carbocycles. The lowest BCUT2D eigenvalue weighted by Crippen LogP contribution is -2.46. The zero-order valence-electron chi connectivity index (χ0n) is 18.8. The molecule has 2 N–H and O–H groups in total. The molecule has 0 spiro atoms. The van der Waals surface area contributed by atoms with Gasteiger partial charge in [-0.2, -0.15) is 0 Å². The van der Waals surface area contributed by atoms with Crippen LogP contribution < -0.4 is 15.4 Å². The highest BCUT2D eigenvalue weighted by Gasteiger charge is 2.52. The van der Waals surface area contributed by atoms with E-state index in [4.69, 9.17) is 4.74 Å². The second kappa shape index (κ2) is 9.64. The van der Waals surface area contributed by atoms with E-state index in [2.05, 4.69) is 10.6 Å². The zero-order chi connectivity index (χ0) is 25.0. The van der Waals surface area contributed by atoms with E-state index in [0.717, 1.165) is 16.5 Å². The number of anilines is 1. The molecule has 3 aromatic carbocycles. The highest BCUT2D eigenvalue weighted by molar-refractivity contribution is 6.10. The molecule has 4 amide bonds. The van der Waals surface area contributed by atoms with Crippen molar-refractivity contribution in [1.29, 1.82) is 0 Å². The Hall–Kier alpha value is -4.73. The molecular formula is C25H22N4O6. The summed E-state index contributed by atoms with van der Waals surface area (Å²) in [5.74, 6) is -1.08. The predicted octanol–water partition coefficient (Wildman–Crippen LogP) is 3.23. The van der Waals surface area contributed by atoms with Gasteiger partial charge in [-0.15, -0.1) is 0 Å². The van der Waals surface area contributed by atoms with Crippen LogP contribution in [0, 0.1) is 10.1 Å². The summed E-state index contributed by atoms with van der Waals surface area (Å²) in [6.45, 7) is -0.583. The van der Waals surface area contributed by atoms with E-state index in [1.807, 2.05) is 30.3 Å². The van der Waals surface area contributed by atoms with Crippen molar-refractivity contribution in [3.63, 3.8) is 0 Å². The molecule has 10 nitrogen and oxygen atoms in total. The van der Waals surface area contributed by atoms with Crippen LogP contribution in [0.5, 0.6) is 5.75 Å². The van der Waals surface area contributed by atoms with Crippen molar-refractivity contribution >= 4 is 29.2 Å². The summed E-state index contributed by atoms with van der Waals surface area (Å²) in [6.07, 6.45) is 0.194. The molecule has 10 heteroatoms. The van der Waals surface area contributed by atoms with E-state index in [1.165, 1.54) is 19.2 Å². The Kier molecular flexibility index (Phi) is 6.45. The third-order valence-corrected chi connectivity index (χ3v) is 5.72. The van der Waals surface area contributed by atoms with Crippen LogP contribution in [-0.2, 0) is 21.5 Å². The van der Waals surface area contributed by atoms with E-state index >= 15 is 0 Å². The molecule has 0 aliphatic carbocycles. The number of carbonyl (C=O) groups excluding carboxylic acids is 3. The molecule has 1 atom stereocenters. The fourth-order valence-electron chi connectivity index (χ4n) is 4.05. The number of hydrogen-bond donors (Lipinski definition) is 2. The number of carbonyl (C=O) groups is 3. The van der Waals surface area contributed by atoms with E-state index in [9.17, 15) is 24.5 Å². The summed E-state index contributed by atoms with van der Waals surface area (Å²) in [5, 5.41) is 16.4. The number of amides is 4. The molecule has 1 fully saturated rings. The van der Waals surface area contributed by atoms with Crippen molar-refractivity contribution in [2.24, 2.45) is 0 Å². The Labute approximate surface area is 200 Å². The summed E-state index contributed by atoms with van der Waals surface area (Å²) in [7, 11) is 1.35. The summed E-state index contributed by atoms with van der Waals surface area (Å²) in [5.41, 5.74) is -0.161. The Balaban J connectivity index is 1.60. The van der Waals surface area contributed by atoms with Gasteiger partial charge in [0.2, 0.25) is 5.91 Å². The monoisotopic (exact) mass is 474 g/mol. The number of imide groups is 1. The number of nitro groups is 1. The molecule has 0 aromatic heterocycles. The fourth-order valence-corrected chi connectivity index (χ4v) is 4.05. The van der Waals surface area contributed by atoms with Gasteiger partial charge < -0.3 is 15.4 Å². The van der Waals surface area contributed by atoms with Crippen LogP contribution in [0.3, 0.4) is 0 Å². The molecule has 0 radical (unpaired) electrons. The Morgan fingerprint density at radius 3 is 2.34 bits per heavy atom. The van der Waals surface area contributed by atoms with Crippen molar-refractivity contribution in [1.82, 2.24) is 10.2 Å². The lowest BCUT2D eigenvalue weighted by atomic mass is 9.83. The lowest BCUT2D eigenvalue weighted by Gasteiger charge is -2.27. The first kappa shape index (κ1) is 23.4. The van der Waals surface area contributed by atoms with Crippen LogP contribution in [-0.4, -0.2) is 41.3 Å². The molecule has 1 aliphatic heterocycles. The maximum absolute atomic E-state index is 13.6. The molecule has 35 heavy (non-hydrogen) atoms. The number of nitrogens with zero attached hydrogens (tertiary/aromatic N) is 2. The van der Waals surface area contributed by atoms with Gasteiger partial charge >= 0.3 is 6.03 Å². The summed E-state index contributed by atoms with van der Waals surface area (Å²) >= 11 is 0. The van der Waals surface area contributed by atoms with Crippen molar-refractivity contribution in [2.45, 2.75) is 12.0 Å². The van der Waals surface area contributed by atoms with Gasteiger partial charge in [-0.1, -0.05) is 60.7 Å². The zero-order valence-corrected chi connectivity index (χ0v) is 18.8. The number of hydrogen-bond acceptors (Lipinski definition) is 6. The first-order valence-electron chi connectivity index (χ1n) is 10.7. The number of non-ortho nitro benzene ring substituents is 1. The van der Waals surface area contributed by atoms with E-state index in [1.54, 1.807) is 30.3 Å². The smallest absolute Gasteiger partial charge is 0.325 e. The minimum atomic E-state index is -1.39. The van der Waals surface area contributed by atoms with Gasteiger partial charge in [0.1, 0.15) is 12.3 Å². The standard InChI is InChI=1S/C25H22N4O6/c1-35-21-13-12-19(29(33)34)14-20(21)26-22(30)16-28-23(31)25(27-24(28)32,18-10-6-3-7-11-18)15-17-8-4-2-5-9-17/h2-14H,15-16H2,1H3,(H,26,30)(H,27,32)/t25-/m0/s1. The first-order valence-corrected chi connectivity index (χ1v) is 10.7. The van der Waals surface area contributed by atoms with Crippen LogP contribution in [0.1, 0.15) is 11.1 Å². The van der Waals surface area contributed by atoms with Crippen LogP contribution in [0.15, 0.2) is 78.9 Å². The molecule has 1 aliphatic rings. The number of nitrogens with one attached hydrogen (secondary N) is 2. The van der Waals surface area contributed by atoms with Crippen LogP contribution in [0.2, 0.25) is 0 Å². The van der Waals surface area contributed by atoms with Crippen molar-refractivity contribution in [3.8, 4) is 5.75 Å². The molecule has 4 rings (SSSR count). The van der Waals surface area contributed by atoms with Crippen LogP contribution in [0.25, 0.3) is 0 Å². The summed E-state index contributed by atoms with van der Waals surface area (Å²) in [6, 6.07) is 21.1. The average molecular weight is 474 g/mol. The van der Waals surface area contributed by atoms with Gasteiger partial charge in [0.15, 0.2) is 5.54 Å². The molecule has 0 unspecified atom stereocenters. The Morgan fingerprint density at radius 1 is 1.06 bits per heavy atom. The first-order chi connectivity index (χ1) is 16.8. The SMILES string of the molecule is COc1ccc([N+](=O)[O-])cc1NC(=O)CN1C(=O)N[C@@](Cc2ccccc2)(c2ccccc2)C1=O. The largest absolute Gasteiger partial charge is 0.495 e. The second-order valence-corrected chi connectivity index (χ2v) is 7.95. The van der Waals surface area contributed by atoms with Gasteiger partial charge in [0, 0.05) is 18.6 Å². The summed E-state index contributed by atoms with van der Waals surface area (Å²) < 4.78 is 5.15. The number of nitro benzene ring substituents is 1. The summed E-state index contributed by atoms with van der Waals surface area (Å²) in [4.78, 5) is 50.7. The predicted molar refractivity (Wildman–Crippen MR) is 127 cm³/mol. The maximum atomic E-state index is 13.6. The van der Waals surface area contributed by atoms with Crippen molar-refractivity contribution < 1.29 is 24.0 Å². The van der Waals surface area contributed by atoms with Crippen molar-refractivity contribution in [2.75, 3.05) is 19.0 Å². The van der Waals surface area contributed by atoms with Crippen molar-refractivity contribution in [3.05, 3.63) is 100 Å². The van der Waals surface area contributed by atoms with Gasteiger partial charge in [-0.25, -0.2) is 4.79 Å². The highest BCUT2D eigenvalue weighted by Crippen LogP contribution is 2.33. The van der Waals surface area contributed by atoms with Crippen LogP contribution >= 0.6 is 0 Å². The average Bonchev–Trinajstić information content (AvgIpc) is 3.10. The minimum absolute atomic E-state index is 0.0531. The normalized spacial score (nSPS) is 17.1. The Bertz CT molecular complexity index is 1280. The molecule has 0 bridgehead atoms. The topological polar surface area (TPSA) is 131 Å². The van der Waals surface area contributed by atoms with Gasteiger partial charge in [-0.3, -0.25) is 24.6 Å². The molecule has 3 aromatic rings. The van der Waals surface area contributed by atoms with E-state index < -0.39 is 34.9 Å². The fraction of sp³-hybridized carbons (Fsp3) is 0.160.